The number of hydrogen-bond acceptors (Lipinski definition) is 2. The van der Waals surface area contributed by atoms with Gasteiger partial charge in [0.05, 0.1) is 0 Å². The van der Waals surface area contributed by atoms with Gasteiger partial charge in [0, 0.05) is 24.0 Å². The molecule has 0 unspecified atom stereocenters. The van der Waals surface area contributed by atoms with E-state index in [0.717, 1.165) is 18.7 Å². The minimum atomic E-state index is -0.103. The molecule has 0 spiro atoms. The molecule has 1 aromatic carbocycles. The third-order valence-corrected chi connectivity index (χ3v) is 2.63. The quantitative estimate of drug-likeness (QED) is 0.617. The Morgan fingerprint density at radius 1 is 1.41 bits per heavy atom. The van der Waals surface area contributed by atoms with Gasteiger partial charge in [0.2, 0.25) is 5.91 Å². The molecule has 0 atom stereocenters. The molecule has 0 aliphatic carbocycles. The fourth-order valence-electron chi connectivity index (χ4n) is 1.82. The molecule has 88 valence electrons. The van der Waals surface area contributed by atoms with Crippen LogP contribution < -0.4 is 10.6 Å². The maximum atomic E-state index is 11.5. The second-order valence-corrected chi connectivity index (χ2v) is 3.92. The Hall–Kier alpha value is -2.03. The number of fused-ring (bicyclic) bond motifs is 1. The molecular weight excluding hydrogens is 212 g/mol. The summed E-state index contributed by atoms with van der Waals surface area (Å²) < 4.78 is 0. The lowest BCUT2D eigenvalue weighted by atomic mass is 10.1. The highest BCUT2D eigenvalue weighted by molar-refractivity contribution is 5.99. The van der Waals surface area contributed by atoms with E-state index in [4.69, 9.17) is 0 Å². The summed E-state index contributed by atoms with van der Waals surface area (Å²) in [5, 5.41) is 6.13. The first-order valence-corrected chi connectivity index (χ1v) is 5.77. The molecule has 1 aromatic rings. The van der Waals surface area contributed by atoms with Crippen LogP contribution >= 0.6 is 0 Å². The zero-order chi connectivity index (χ0) is 12.1. The average molecular weight is 228 g/mol. The zero-order valence-electron chi connectivity index (χ0n) is 9.86. The van der Waals surface area contributed by atoms with Crippen molar-refractivity contribution in [2.24, 2.45) is 0 Å². The van der Waals surface area contributed by atoms with Gasteiger partial charge in [-0.05, 0) is 37.1 Å². The predicted molar refractivity (Wildman–Crippen MR) is 71.2 cm³/mol. The number of anilines is 2. The highest BCUT2D eigenvalue weighted by Crippen LogP contribution is 2.25. The molecule has 1 aliphatic rings. The second kappa shape index (κ2) is 5.34. The van der Waals surface area contributed by atoms with Gasteiger partial charge in [-0.3, -0.25) is 4.79 Å². The Labute approximate surface area is 101 Å². The van der Waals surface area contributed by atoms with Crippen LogP contribution in [0.25, 0.3) is 0 Å². The minimum absolute atomic E-state index is 0.103. The molecular formula is C14H16N2O. The highest BCUT2D eigenvalue weighted by atomic mass is 16.1. The predicted octanol–water partition coefficient (Wildman–Crippen LogP) is 2.73. The molecule has 0 saturated heterocycles. The van der Waals surface area contributed by atoms with E-state index < -0.39 is 0 Å². The van der Waals surface area contributed by atoms with Crippen LogP contribution in [-0.4, -0.2) is 12.5 Å². The Kier molecular flexibility index (Phi) is 3.60. The monoisotopic (exact) mass is 228 g/mol. The Bertz CT molecular complexity index is 475. The van der Waals surface area contributed by atoms with Gasteiger partial charge in [-0.25, -0.2) is 0 Å². The number of rotatable bonds is 3. The number of nitrogens with one attached hydrogen (secondary N) is 2. The molecule has 3 nitrogen and oxygen atoms in total. The van der Waals surface area contributed by atoms with Crippen molar-refractivity contribution in [1.82, 2.24) is 0 Å². The number of allylic oxidation sites excluding steroid dienone is 3. The van der Waals surface area contributed by atoms with Gasteiger partial charge in [-0.15, -0.1) is 0 Å². The second-order valence-electron chi connectivity index (χ2n) is 3.92. The molecule has 1 heterocycles. The van der Waals surface area contributed by atoms with Gasteiger partial charge in [0.15, 0.2) is 0 Å². The summed E-state index contributed by atoms with van der Waals surface area (Å²) in [6, 6.07) is 5.95. The lowest BCUT2D eigenvalue weighted by Crippen LogP contribution is -2.07. The molecule has 0 saturated carbocycles. The van der Waals surface area contributed by atoms with E-state index in [0.29, 0.717) is 0 Å². The first-order valence-electron chi connectivity index (χ1n) is 5.77. The third kappa shape index (κ3) is 2.97. The van der Waals surface area contributed by atoms with Gasteiger partial charge in [-0.1, -0.05) is 18.2 Å². The normalized spacial score (nSPS) is 13.9. The molecule has 0 bridgehead atoms. The average Bonchev–Trinajstić information content (AvgIpc) is 2.76. The van der Waals surface area contributed by atoms with Gasteiger partial charge in [0.1, 0.15) is 0 Å². The first-order chi connectivity index (χ1) is 8.29. The third-order valence-electron chi connectivity index (χ3n) is 2.63. The molecule has 2 N–H and O–H groups in total. The Morgan fingerprint density at radius 2 is 2.29 bits per heavy atom. The maximum absolute atomic E-state index is 11.5. The van der Waals surface area contributed by atoms with Crippen molar-refractivity contribution in [3.63, 3.8) is 0 Å². The summed E-state index contributed by atoms with van der Waals surface area (Å²) in [5.74, 6) is -0.103. The smallest absolute Gasteiger partial charge is 0.248 e. The fourth-order valence-corrected chi connectivity index (χ4v) is 1.82. The molecule has 0 aromatic heterocycles. The topological polar surface area (TPSA) is 41.1 Å². The van der Waals surface area contributed by atoms with Crippen LogP contribution in [-0.2, 0) is 11.2 Å². The van der Waals surface area contributed by atoms with Gasteiger partial charge in [-0.2, -0.15) is 0 Å². The van der Waals surface area contributed by atoms with E-state index in [1.54, 1.807) is 6.08 Å². The van der Waals surface area contributed by atoms with E-state index >= 15 is 0 Å². The molecule has 17 heavy (non-hydrogen) atoms. The van der Waals surface area contributed by atoms with Crippen LogP contribution in [0.3, 0.4) is 0 Å². The van der Waals surface area contributed by atoms with E-state index in [-0.39, 0.29) is 5.91 Å². The number of benzene rings is 1. The molecule has 1 aliphatic heterocycles. The van der Waals surface area contributed by atoms with E-state index in [2.05, 4.69) is 10.6 Å². The first kappa shape index (κ1) is 11.5. The minimum Gasteiger partial charge on any atom is -0.384 e. The highest BCUT2D eigenvalue weighted by Gasteiger charge is 2.10. The SMILES string of the molecule is C/C=C/C=C/C(=O)Nc1ccc2c(c1)CCN2. The van der Waals surface area contributed by atoms with E-state index in [9.17, 15) is 4.79 Å². The van der Waals surface area contributed by atoms with E-state index in [1.165, 1.54) is 17.3 Å². The fraction of sp³-hybridized carbons (Fsp3) is 0.214. The van der Waals surface area contributed by atoms with Crippen LogP contribution in [0.4, 0.5) is 11.4 Å². The lowest BCUT2D eigenvalue weighted by molar-refractivity contribution is -0.111. The largest absolute Gasteiger partial charge is 0.384 e. The van der Waals surface area contributed by atoms with Crippen molar-refractivity contribution in [2.45, 2.75) is 13.3 Å². The standard InChI is InChI=1S/C14H16N2O/c1-2-3-4-5-14(17)16-12-6-7-13-11(10-12)8-9-15-13/h2-7,10,15H,8-9H2,1H3,(H,16,17)/b3-2+,5-4+. The summed E-state index contributed by atoms with van der Waals surface area (Å²) in [4.78, 5) is 11.5. The molecule has 1 amide bonds. The summed E-state index contributed by atoms with van der Waals surface area (Å²) in [6.45, 7) is 2.89. The maximum Gasteiger partial charge on any atom is 0.248 e. The van der Waals surface area contributed by atoms with Crippen molar-refractivity contribution in [2.75, 3.05) is 17.2 Å². The summed E-state index contributed by atoms with van der Waals surface area (Å²) in [7, 11) is 0. The van der Waals surface area contributed by atoms with Crippen molar-refractivity contribution < 1.29 is 4.79 Å². The van der Waals surface area contributed by atoms with Crippen LogP contribution in [0.1, 0.15) is 12.5 Å². The number of hydrogen-bond donors (Lipinski definition) is 2. The van der Waals surface area contributed by atoms with Crippen LogP contribution in [0.15, 0.2) is 42.5 Å². The van der Waals surface area contributed by atoms with Gasteiger partial charge in [0.25, 0.3) is 0 Å². The molecule has 0 radical (unpaired) electrons. The number of carbonyl (C=O) groups excluding carboxylic acids is 1. The van der Waals surface area contributed by atoms with Crippen LogP contribution in [0, 0.1) is 0 Å². The Morgan fingerprint density at radius 3 is 3.12 bits per heavy atom. The molecule has 2 rings (SSSR count). The van der Waals surface area contributed by atoms with Gasteiger partial charge < -0.3 is 10.6 Å². The lowest BCUT2D eigenvalue weighted by Gasteiger charge is -2.04. The van der Waals surface area contributed by atoms with E-state index in [1.807, 2.05) is 37.3 Å². The van der Waals surface area contributed by atoms with Crippen molar-refractivity contribution in [3.05, 3.63) is 48.1 Å². The van der Waals surface area contributed by atoms with Crippen LogP contribution in [0.5, 0.6) is 0 Å². The molecule has 3 heteroatoms. The van der Waals surface area contributed by atoms with Crippen molar-refractivity contribution in [3.8, 4) is 0 Å². The van der Waals surface area contributed by atoms with Crippen molar-refractivity contribution >= 4 is 17.3 Å². The molecule has 0 fully saturated rings. The number of carbonyl (C=O) groups is 1. The summed E-state index contributed by atoms with van der Waals surface area (Å²) in [5.41, 5.74) is 3.29. The summed E-state index contributed by atoms with van der Waals surface area (Å²) in [6.07, 6.45) is 7.97. The van der Waals surface area contributed by atoms with Crippen LogP contribution in [0.2, 0.25) is 0 Å². The van der Waals surface area contributed by atoms with Crippen molar-refractivity contribution in [1.29, 1.82) is 0 Å². The summed E-state index contributed by atoms with van der Waals surface area (Å²) >= 11 is 0. The Balaban J connectivity index is 2.01. The van der Waals surface area contributed by atoms with Gasteiger partial charge >= 0.3 is 0 Å². The number of amides is 1. The zero-order valence-corrected chi connectivity index (χ0v) is 9.86.